The summed E-state index contributed by atoms with van der Waals surface area (Å²) in [5, 5.41) is 23.2. The van der Waals surface area contributed by atoms with Gasteiger partial charge in [-0.25, -0.2) is 0 Å². The van der Waals surface area contributed by atoms with E-state index < -0.39 is 0 Å². The predicted octanol–water partition coefficient (Wildman–Crippen LogP) is 3.68. The lowest BCUT2D eigenvalue weighted by atomic mass is 9.45. The summed E-state index contributed by atoms with van der Waals surface area (Å²) < 4.78 is -0.297. The van der Waals surface area contributed by atoms with Gasteiger partial charge in [0.1, 0.15) is 0 Å². The third kappa shape index (κ3) is 2.71. The predicted molar refractivity (Wildman–Crippen MR) is 102 cm³/mol. The van der Waals surface area contributed by atoms with E-state index in [0.717, 1.165) is 38.5 Å². The monoisotopic (exact) mass is 361 g/mol. The normalized spacial score (nSPS) is 48.5. The van der Waals surface area contributed by atoms with E-state index in [-0.39, 0.29) is 33.3 Å². The Morgan fingerprint density at radius 1 is 1.19 bits per heavy atom. The second-order valence-corrected chi connectivity index (χ2v) is 10.7. The van der Waals surface area contributed by atoms with E-state index in [0.29, 0.717) is 30.7 Å². The minimum atomic E-state index is -0.297. The smallest absolute Gasteiger partial charge is 0.155 e. The van der Waals surface area contributed by atoms with Crippen LogP contribution in [0.5, 0.6) is 0 Å². The Balaban J connectivity index is 1.74. The fraction of sp³-hybridized carbons (Fsp3) is 0.864. The third-order valence-electron chi connectivity index (χ3n) is 8.73. The Morgan fingerprint density at radius 2 is 1.92 bits per heavy atom. The second-order valence-electron chi connectivity index (χ2n) is 10.7. The van der Waals surface area contributed by atoms with Gasteiger partial charge in [0.05, 0.1) is 26.7 Å². The average molecular weight is 362 g/mol. The molecule has 0 aromatic carbocycles. The number of fused-ring (bicyclic) bond motifs is 5. The van der Waals surface area contributed by atoms with Crippen LogP contribution in [0.25, 0.3) is 0 Å². The molecule has 0 spiro atoms. The van der Waals surface area contributed by atoms with E-state index in [1.165, 1.54) is 5.57 Å². The van der Waals surface area contributed by atoms with Crippen LogP contribution in [0.15, 0.2) is 11.6 Å². The molecule has 3 fully saturated rings. The number of hydroxylamine groups is 3. The van der Waals surface area contributed by atoms with Gasteiger partial charge in [-0.2, -0.15) is 0 Å². The number of carbonyl (C=O) groups excluding carboxylic acids is 1. The van der Waals surface area contributed by atoms with E-state index in [1.54, 1.807) is 14.1 Å². The fourth-order valence-electron chi connectivity index (χ4n) is 7.46. The molecule has 0 amide bonds. The van der Waals surface area contributed by atoms with E-state index in [4.69, 9.17) is 0 Å². The molecule has 4 rings (SSSR count). The van der Waals surface area contributed by atoms with Crippen molar-refractivity contribution < 1.29 is 14.5 Å². The van der Waals surface area contributed by atoms with Crippen molar-refractivity contribution in [1.29, 1.82) is 0 Å². The Bertz CT molecular complexity index is 636. The van der Waals surface area contributed by atoms with E-state index in [9.17, 15) is 15.1 Å². The molecule has 0 aromatic heterocycles. The molecule has 7 atom stereocenters. The summed E-state index contributed by atoms with van der Waals surface area (Å²) >= 11 is 0. The van der Waals surface area contributed by atoms with Crippen LogP contribution < -0.4 is 0 Å². The zero-order valence-corrected chi connectivity index (χ0v) is 16.8. The maximum Gasteiger partial charge on any atom is 0.155 e. The lowest BCUT2D eigenvalue weighted by Gasteiger charge is -2.60. The molecule has 4 nitrogen and oxygen atoms in total. The number of hydrogen-bond donors (Lipinski definition) is 1. The van der Waals surface area contributed by atoms with E-state index >= 15 is 0 Å². The molecule has 4 aliphatic rings. The first kappa shape index (κ1) is 18.6. The largest absolute Gasteiger partial charge is 0.633 e. The first-order valence-electron chi connectivity index (χ1n) is 10.5. The van der Waals surface area contributed by atoms with Gasteiger partial charge < -0.3 is 15.0 Å². The van der Waals surface area contributed by atoms with Crippen LogP contribution in [-0.2, 0) is 4.79 Å². The Kier molecular flexibility index (Phi) is 4.22. The molecule has 0 aliphatic heterocycles. The molecule has 26 heavy (non-hydrogen) atoms. The molecule has 4 aliphatic carbocycles. The molecule has 0 heterocycles. The standard InChI is InChI=1S/C22H35NO3/c1-21-9-7-15(24)12-19(21)14(13-23(3,4)26)11-16-17-5-6-20(25)22(17,2)10-8-18(16)21/h12,14,16-18,20,25H,5-11,13H2,1-4H3/t14-,16-,17-,18-,20-,21+,22-/m0/s1. The van der Waals surface area contributed by atoms with Crippen molar-refractivity contribution in [3.05, 3.63) is 16.9 Å². The van der Waals surface area contributed by atoms with Crippen LogP contribution in [0.1, 0.15) is 58.8 Å². The summed E-state index contributed by atoms with van der Waals surface area (Å²) in [4.78, 5) is 12.2. The Morgan fingerprint density at radius 3 is 2.62 bits per heavy atom. The fourth-order valence-corrected chi connectivity index (χ4v) is 7.46. The average Bonchev–Trinajstić information content (AvgIpc) is 2.83. The highest BCUT2D eigenvalue weighted by atomic mass is 16.5. The van der Waals surface area contributed by atoms with Gasteiger partial charge in [0.25, 0.3) is 0 Å². The van der Waals surface area contributed by atoms with Crippen molar-refractivity contribution in [3.63, 3.8) is 0 Å². The minimum Gasteiger partial charge on any atom is -0.633 e. The number of quaternary nitrogens is 1. The van der Waals surface area contributed by atoms with Crippen molar-refractivity contribution in [2.45, 2.75) is 64.9 Å². The van der Waals surface area contributed by atoms with Gasteiger partial charge >= 0.3 is 0 Å². The van der Waals surface area contributed by atoms with Crippen molar-refractivity contribution in [3.8, 4) is 0 Å². The number of carbonyl (C=O) groups is 1. The van der Waals surface area contributed by atoms with Crippen LogP contribution in [0, 0.1) is 39.7 Å². The van der Waals surface area contributed by atoms with Crippen molar-refractivity contribution >= 4 is 5.78 Å². The first-order chi connectivity index (χ1) is 12.0. The summed E-state index contributed by atoms with van der Waals surface area (Å²) in [6.07, 6.45) is 8.66. The minimum absolute atomic E-state index is 0.0512. The summed E-state index contributed by atoms with van der Waals surface area (Å²) in [6, 6.07) is 0. The van der Waals surface area contributed by atoms with Crippen LogP contribution in [0.4, 0.5) is 0 Å². The quantitative estimate of drug-likeness (QED) is 0.603. The number of ketones is 1. The SMILES string of the molecule is C[C@]12CC[C@H]3[C@@H](C[C@@H](C[N+](C)(C)[O-])C4=CC(=O)CC[C@@]43C)[C@@H]1CC[C@@H]2O. The molecule has 4 heteroatoms. The summed E-state index contributed by atoms with van der Waals surface area (Å²) in [6.45, 7) is 5.23. The Labute approximate surface area is 157 Å². The second kappa shape index (κ2) is 5.89. The summed E-state index contributed by atoms with van der Waals surface area (Å²) in [7, 11) is 3.44. The van der Waals surface area contributed by atoms with Crippen molar-refractivity contribution in [2.75, 3.05) is 20.6 Å². The van der Waals surface area contributed by atoms with Gasteiger partial charge in [-0.3, -0.25) is 4.79 Å². The highest BCUT2D eigenvalue weighted by molar-refractivity contribution is 5.91. The van der Waals surface area contributed by atoms with Crippen LogP contribution in [0.2, 0.25) is 0 Å². The molecule has 146 valence electrons. The van der Waals surface area contributed by atoms with E-state index in [1.807, 2.05) is 6.08 Å². The lowest BCUT2D eigenvalue weighted by Crippen LogP contribution is -2.55. The maximum absolute atomic E-state index is 12.5. The highest BCUT2D eigenvalue weighted by Gasteiger charge is 2.60. The lowest BCUT2D eigenvalue weighted by molar-refractivity contribution is -0.843. The van der Waals surface area contributed by atoms with Gasteiger partial charge in [0.2, 0.25) is 0 Å². The number of hydrogen-bond acceptors (Lipinski definition) is 3. The molecular weight excluding hydrogens is 326 g/mol. The first-order valence-corrected chi connectivity index (χ1v) is 10.5. The molecule has 3 saturated carbocycles. The van der Waals surface area contributed by atoms with Gasteiger partial charge in [0, 0.05) is 12.3 Å². The molecule has 0 saturated heterocycles. The summed E-state index contributed by atoms with van der Waals surface area (Å²) in [5.74, 6) is 2.20. The number of rotatable bonds is 2. The van der Waals surface area contributed by atoms with Gasteiger partial charge in [-0.05, 0) is 73.2 Å². The van der Waals surface area contributed by atoms with Crippen molar-refractivity contribution in [2.24, 2.45) is 34.5 Å². The molecule has 1 N–H and O–H groups in total. The van der Waals surface area contributed by atoms with Gasteiger partial charge in [-0.1, -0.05) is 19.4 Å². The molecule has 0 unspecified atom stereocenters. The third-order valence-corrected chi connectivity index (χ3v) is 8.73. The maximum atomic E-state index is 12.5. The van der Waals surface area contributed by atoms with Gasteiger partial charge in [0.15, 0.2) is 5.78 Å². The van der Waals surface area contributed by atoms with Crippen LogP contribution in [-0.4, -0.2) is 42.3 Å². The topological polar surface area (TPSA) is 60.4 Å². The Hall–Kier alpha value is -0.710. The van der Waals surface area contributed by atoms with E-state index in [2.05, 4.69) is 13.8 Å². The molecule has 0 aromatic rings. The molecule has 0 bridgehead atoms. The van der Waals surface area contributed by atoms with Crippen LogP contribution >= 0.6 is 0 Å². The van der Waals surface area contributed by atoms with Crippen LogP contribution in [0.3, 0.4) is 0 Å². The highest BCUT2D eigenvalue weighted by Crippen LogP contribution is 2.66. The number of aliphatic hydroxyl groups excluding tert-OH is 1. The molecular formula is C22H35NO3. The number of nitrogens with zero attached hydrogens (tertiary/aromatic N) is 1. The number of aliphatic hydroxyl groups is 1. The van der Waals surface area contributed by atoms with Crippen molar-refractivity contribution in [1.82, 2.24) is 0 Å². The van der Waals surface area contributed by atoms with Gasteiger partial charge in [-0.15, -0.1) is 0 Å². The molecule has 0 radical (unpaired) electrons. The zero-order valence-electron chi connectivity index (χ0n) is 16.8. The summed E-state index contributed by atoms with van der Waals surface area (Å²) in [5.41, 5.74) is 1.39. The zero-order chi connectivity index (χ0) is 18.9.